The van der Waals surface area contributed by atoms with Crippen molar-refractivity contribution in [1.82, 2.24) is 15.1 Å². The molecular weight excluding hydrogens is 344 g/mol. The predicted molar refractivity (Wildman–Crippen MR) is 97.4 cm³/mol. The molecule has 1 heterocycles. The maximum atomic E-state index is 12.4. The average molecular weight is 364 g/mol. The van der Waals surface area contributed by atoms with E-state index in [1.165, 1.54) is 28.0 Å². The van der Waals surface area contributed by atoms with Crippen LogP contribution in [0.3, 0.4) is 0 Å². The van der Waals surface area contributed by atoms with E-state index in [0.717, 1.165) is 20.6 Å². The topological polar surface area (TPSA) is 75.2 Å². The Labute approximate surface area is 149 Å². The molecule has 0 bridgehead atoms. The number of hydrogen-bond acceptors (Lipinski definition) is 6. The molecule has 1 atom stereocenters. The summed E-state index contributed by atoms with van der Waals surface area (Å²) in [5.74, 6) is -0.342. The van der Waals surface area contributed by atoms with Crippen molar-refractivity contribution in [2.75, 3.05) is 18.9 Å². The zero-order chi connectivity index (χ0) is 17.7. The van der Waals surface area contributed by atoms with Crippen LogP contribution in [0.15, 0.2) is 28.6 Å². The summed E-state index contributed by atoms with van der Waals surface area (Å²) in [4.78, 5) is 25.9. The number of nitrogens with zero attached hydrogens (tertiary/aromatic N) is 3. The third-order valence-electron chi connectivity index (χ3n) is 3.23. The van der Waals surface area contributed by atoms with Gasteiger partial charge in [-0.15, -0.1) is 10.2 Å². The first kappa shape index (κ1) is 18.4. The number of amides is 2. The van der Waals surface area contributed by atoms with Gasteiger partial charge in [0.2, 0.25) is 11.8 Å². The lowest BCUT2D eigenvalue weighted by atomic mass is 10.2. The first-order valence-corrected chi connectivity index (χ1v) is 9.13. The first-order valence-electron chi connectivity index (χ1n) is 7.43. The van der Waals surface area contributed by atoms with Crippen LogP contribution in [-0.2, 0) is 9.59 Å². The van der Waals surface area contributed by atoms with E-state index in [-0.39, 0.29) is 23.6 Å². The van der Waals surface area contributed by atoms with Crippen LogP contribution < -0.4 is 5.32 Å². The van der Waals surface area contributed by atoms with Gasteiger partial charge in [0.1, 0.15) is 5.01 Å². The summed E-state index contributed by atoms with van der Waals surface area (Å²) in [7, 11) is 1.62. The van der Waals surface area contributed by atoms with Crippen molar-refractivity contribution < 1.29 is 9.59 Å². The Morgan fingerprint density at radius 3 is 2.50 bits per heavy atom. The first-order chi connectivity index (χ1) is 11.3. The number of rotatable bonds is 6. The molecule has 0 unspecified atom stereocenters. The minimum absolute atomic E-state index is 0.00670. The molecule has 2 rings (SSSR count). The number of benzene rings is 1. The van der Waals surface area contributed by atoms with Crippen LogP contribution in [0, 0.1) is 13.8 Å². The van der Waals surface area contributed by atoms with Gasteiger partial charge in [-0.3, -0.25) is 9.59 Å². The Kier molecular flexibility index (Phi) is 6.33. The summed E-state index contributed by atoms with van der Waals surface area (Å²) in [5, 5.41) is 11.3. The molecule has 0 aliphatic carbocycles. The molecule has 0 aliphatic rings. The summed E-state index contributed by atoms with van der Waals surface area (Å²) >= 11 is 2.81. The number of likely N-dealkylation sites (N-methyl/N-ethyl adjacent to an activating group) is 1. The number of aryl methyl sites for hydroxylation is 2. The van der Waals surface area contributed by atoms with Crippen LogP contribution in [0.1, 0.15) is 17.5 Å². The molecule has 0 radical (unpaired) electrons. The molecule has 128 valence electrons. The van der Waals surface area contributed by atoms with Gasteiger partial charge in [-0.2, -0.15) is 0 Å². The predicted octanol–water partition coefficient (Wildman–Crippen LogP) is 2.73. The quantitative estimate of drug-likeness (QED) is 0.798. The Bertz CT molecular complexity index is 715. The van der Waals surface area contributed by atoms with Gasteiger partial charge in [-0.25, -0.2) is 0 Å². The van der Waals surface area contributed by atoms with Gasteiger partial charge in [-0.1, -0.05) is 40.8 Å². The van der Waals surface area contributed by atoms with Crippen molar-refractivity contribution >= 4 is 40.6 Å². The van der Waals surface area contributed by atoms with Crippen molar-refractivity contribution in [2.45, 2.75) is 30.4 Å². The fourth-order valence-electron chi connectivity index (χ4n) is 1.97. The highest BCUT2D eigenvalue weighted by atomic mass is 32.2. The van der Waals surface area contributed by atoms with E-state index in [4.69, 9.17) is 0 Å². The highest BCUT2D eigenvalue weighted by Gasteiger charge is 2.22. The summed E-state index contributed by atoms with van der Waals surface area (Å²) in [6, 6.07) is 7.52. The smallest absolute Gasteiger partial charge is 0.243 e. The SMILES string of the molecule is Cc1ccc(NC(=O)CN(C)C(=O)[C@H](C)Sc2nnc(C)s2)cc1. The molecule has 1 aromatic heterocycles. The van der Waals surface area contributed by atoms with Crippen molar-refractivity contribution in [2.24, 2.45) is 0 Å². The Morgan fingerprint density at radius 1 is 1.25 bits per heavy atom. The molecule has 2 amide bonds. The lowest BCUT2D eigenvalue weighted by Gasteiger charge is -2.20. The molecule has 0 spiro atoms. The van der Waals surface area contributed by atoms with Crippen molar-refractivity contribution in [1.29, 1.82) is 0 Å². The zero-order valence-corrected chi connectivity index (χ0v) is 15.7. The zero-order valence-electron chi connectivity index (χ0n) is 14.1. The van der Waals surface area contributed by atoms with E-state index < -0.39 is 0 Å². The molecule has 8 heteroatoms. The summed E-state index contributed by atoms with van der Waals surface area (Å²) in [6.45, 7) is 5.66. The molecule has 1 N–H and O–H groups in total. The number of carbonyl (C=O) groups excluding carboxylic acids is 2. The number of carbonyl (C=O) groups is 2. The molecule has 0 saturated heterocycles. The number of hydrogen-bond donors (Lipinski definition) is 1. The van der Waals surface area contributed by atoms with E-state index >= 15 is 0 Å². The van der Waals surface area contributed by atoms with Crippen LogP contribution >= 0.6 is 23.1 Å². The number of aromatic nitrogens is 2. The molecule has 6 nitrogen and oxygen atoms in total. The van der Waals surface area contributed by atoms with E-state index in [9.17, 15) is 9.59 Å². The van der Waals surface area contributed by atoms with Crippen molar-refractivity contribution in [3.8, 4) is 0 Å². The van der Waals surface area contributed by atoms with Gasteiger partial charge in [0.05, 0.1) is 11.8 Å². The van der Waals surface area contributed by atoms with E-state index in [0.29, 0.717) is 0 Å². The van der Waals surface area contributed by atoms with Crippen molar-refractivity contribution in [3.63, 3.8) is 0 Å². The second-order valence-electron chi connectivity index (χ2n) is 5.46. The highest BCUT2D eigenvalue weighted by Crippen LogP contribution is 2.26. The van der Waals surface area contributed by atoms with Gasteiger partial charge in [0, 0.05) is 12.7 Å². The second kappa shape index (κ2) is 8.25. The van der Waals surface area contributed by atoms with E-state index in [1.807, 2.05) is 38.1 Å². The fraction of sp³-hybridized carbons (Fsp3) is 0.375. The Morgan fingerprint density at radius 2 is 1.92 bits per heavy atom. The third-order valence-corrected chi connectivity index (χ3v) is 5.24. The molecule has 0 fully saturated rings. The monoisotopic (exact) mass is 364 g/mol. The van der Waals surface area contributed by atoms with Crippen LogP contribution in [0.2, 0.25) is 0 Å². The van der Waals surface area contributed by atoms with E-state index in [1.54, 1.807) is 14.0 Å². The van der Waals surface area contributed by atoms with Gasteiger partial charge in [-0.05, 0) is 32.9 Å². The van der Waals surface area contributed by atoms with Crippen LogP contribution in [-0.4, -0.2) is 45.8 Å². The molecule has 0 aliphatic heterocycles. The van der Waals surface area contributed by atoms with Gasteiger partial charge >= 0.3 is 0 Å². The van der Waals surface area contributed by atoms with Crippen molar-refractivity contribution in [3.05, 3.63) is 34.8 Å². The van der Waals surface area contributed by atoms with Crippen LogP contribution in [0.5, 0.6) is 0 Å². The number of nitrogens with one attached hydrogen (secondary N) is 1. The largest absolute Gasteiger partial charge is 0.335 e. The maximum absolute atomic E-state index is 12.4. The average Bonchev–Trinajstić information content (AvgIpc) is 2.93. The standard InChI is InChI=1S/C16H20N4O2S2/c1-10-5-7-13(8-6-10)17-14(21)9-20(4)15(22)11(2)23-16-19-18-12(3)24-16/h5-8,11H,9H2,1-4H3,(H,17,21)/t11-/m0/s1. The third kappa shape index (κ3) is 5.31. The minimum Gasteiger partial charge on any atom is -0.335 e. The molecule has 24 heavy (non-hydrogen) atoms. The number of anilines is 1. The van der Waals surface area contributed by atoms with Gasteiger partial charge < -0.3 is 10.2 Å². The fourth-order valence-corrected chi connectivity index (χ4v) is 4.04. The lowest BCUT2D eigenvalue weighted by Crippen LogP contribution is -2.38. The molecule has 1 aromatic carbocycles. The summed E-state index contributed by atoms with van der Waals surface area (Å²) in [5.41, 5.74) is 1.84. The second-order valence-corrected chi connectivity index (χ2v) is 8.23. The normalized spacial score (nSPS) is 11.8. The summed E-state index contributed by atoms with van der Waals surface area (Å²) in [6.07, 6.45) is 0. The lowest BCUT2D eigenvalue weighted by molar-refractivity contribution is -0.132. The molecule has 0 saturated carbocycles. The van der Waals surface area contributed by atoms with Gasteiger partial charge in [0.25, 0.3) is 0 Å². The van der Waals surface area contributed by atoms with Crippen LogP contribution in [0.4, 0.5) is 5.69 Å². The minimum atomic E-state index is -0.325. The summed E-state index contributed by atoms with van der Waals surface area (Å²) < 4.78 is 0.755. The number of thioether (sulfide) groups is 1. The Hall–Kier alpha value is -1.93. The highest BCUT2D eigenvalue weighted by molar-refractivity contribution is 8.02. The van der Waals surface area contributed by atoms with Crippen LogP contribution in [0.25, 0.3) is 0 Å². The maximum Gasteiger partial charge on any atom is 0.243 e. The molecule has 2 aromatic rings. The Balaban J connectivity index is 1.85. The van der Waals surface area contributed by atoms with E-state index in [2.05, 4.69) is 15.5 Å². The van der Waals surface area contributed by atoms with Gasteiger partial charge in [0.15, 0.2) is 4.34 Å². The molecular formula is C16H20N4O2S2.